The zero-order valence-corrected chi connectivity index (χ0v) is 8.38. The van der Waals surface area contributed by atoms with Crippen LogP contribution in [0.15, 0.2) is 34.7 Å². The Labute approximate surface area is 81.7 Å². The Morgan fingerprint density at radius 1 is 1.67 bits per heavy atom. The lowest BCUT2D eigenvalue weighted by Crippen LogP contribution is -1.92. The zero-order valence-electron chi connectivity index (χ0n) is 6.80. The molecule has 0 amide bonds. The van der Waals surface area contributed by atoms with Gasteiger partial charge in [0.15, 0.2) is 0 Å². The number of halogens is 1. The van der Waals surface area contributed by atoms with Crippen molar-refractivity contribution in [1.82, 2.24) is 0 Å². The summed E-state index contributed by atoms with van der Waals surface area (Å²) in [5.74, 6) is 0. The van der Waals surface area contributed by atoms with E-state index in [1.165, 1.54) is 18.0 Å². The Morgan fingerprint density at radius 3 is 2.58 bits per heavy atom. The first-order valence-electron chi connectivity index (χ1n) is 3.27. The number of hydrogen-bond donors (Lipinski definition) is 2. The maximum absolute atomic E-state index is 7.11. The predicted octanol–water partition coefficient (Wildman–Crippen LogP) is 2.83. The molecule has 0 spiro atoms. The molecule has 0 heterocycles. The molecule has 0 aromatic heterocycles. The van der Waals surface area contributed by atoms with Crippen LogP contribution in [-0.4, -0.2) is 5.17 Å². The van der Waals surface area contributed by atoms with E-state index in [0.29, 0.717) is 4.91 Å². The third-order valence-corrected chi connectivity index (χ3v) is 2.24. The van der Waals surface area contributed by atoms with E-state index in [9.17, 15) is 0 Å². The summed E-state index contributed by atoms with van der Waals surface area (Å²) in [6.07, 6.45) is 4.99. The highest BCUT2D eigenvalue weighted by atomic mass is 35.5. The number of allylic oxidation sites excluding steroid dienone is 3. The molecule has 0 fully saturated rings. The number of nitrogens with two attached hydrogens (primary N) is 1. The smallest absolute Gasteiger partial charge is 0.136 e. The summed E-state index contributed by atoms with van der Waals surface area (Å²) in [5, 5.41) is 7.05. The van der Waals surface area contributed by atoms with Gasteiger partial charge in [-0.3, -0.25) is 5.41 Å². The Balaban J connectivity index is 4.24. The SMILES string of the molecule is C=C(/C=C\C)S/C(=C/N)C(=N)Cl. The number of hydrogen-bond acceptors (Lipinski definition) is 3. The first-order chi connectivity index (χ1) is 5.61. The molecule has 0 aliphatic rings. The van der Waals surface area contributed by atoms with E-state index in [2.05, 4.69) is 6.58 Å². The highest BCUT2D eigenvalue weighted by Gasteiger charge is 2.02. The first kappa shape index (κ1) is 11.3. The van der Waals surface area contributed by atoms with E-state index in [1.807, 2.05) is 19.1 Å². The van der Waals surface area contributed by atoms with Gasteiger partial charge in [0, 0.05) is 11.1 Å². The van der Waals surface area contributed by atoms with Gasteiger partial charge in [0.2, 0.25) is 0 Å². The van der Waals surface area contributed by atoms with Crippen LogP contribution in [-0.2, 0) is 0 Å². The predicted molar refractivity (Wildman–Crippen MR) is 57.4 cm³/mol. The topological polar surface area (TPSA) is 49.9 Å². The molecule has 4 heteroatoms. The molecule has 0 rings (SSSR count). The summed E-state index contributed by atoms with van der Waals surface area (Å²) in [7, 11) is 0. The maximum atomic E-state index is 7.11. The average molecular weight is 203 g/mol. The van der Waals surface area contributed by atoms with Crippen LogP contribution in [0, 0.1) is 5.41 Å². The van der Waals surface area contributed by atoms with Gasteiger partial charge in [0.25, 0.3) is 0 Å². The second-order valence-corrected chi connectivity index (χ2v) is 3.46. The molecule has 0 radical (unpaired) electrons. The van der Waals surface area contributed by atoms with Crippen molar-refractivity contribution in [3.8, 4) is 0 Å². The van der Waals surface area contributed by atoms with Gasteiger partial charge in [0.05, 0.1) is 4.91 Å². The molecular formula is C8H11ClN2S. The molecule has 0 aliphatic heterocycles. The Hall–Kier alpha value is -0.670. The molecule has 12 heavy (non-hydrogen) atoms. The first-order valence-corrected chi connectivity index (χ1v) is 4.47. The van der Waals surface area contributed by atoms with E-state index in [-0.39, 0.29) is 5.17 Å². The fourth-order valence-electron chi connectivity index (χ4n) is 0.513. The quantitative estimate of drug-likeness (QED) is 0.544. The fraction of sp³-hybridized carbons (Fsp3) is 0.125. The maximum Gasteiger partial charge on any atom is 0.136 e. The highest BCUT2D eigenvalue weighted by Crippen LogP contribution is 2.25. The van der Waals surface area contributed by atoms with Crippen molar-refractivity contribution in [3.63, 3.8) is 0 Å². The Bertz CT molecular complexity index is 243. The third-order valence-electron chi connectivity index (χ3n) is 0.961. The normalized spacial score (nSPS) is 12.0. The van der Waals surface area contributed by atoms with Crippen molar-refractivity contribution in [3.05, 3.63) is 34.7 Å². The van der Waals surface area contributed by atoms with Gasteiger partial charge in [-0.1, -0.05) is 42.1 Å². The van der Waals surface area contributed by atoms with Crippen LogP contribution < -0.4 is 5.73 Å². The van der Waals surface area contributed by atoms with E-state index in [4.69, 9.17) is 22.7 Å². The minimum Gasteiger partial charge on any atom is -0.404 e. The lowest BCUT2D eigenvalue weighted by Gasteiger charge is -2.01. The van der Waals surface area contributed by atoms with Crippen LogP contribution in [0.2, 0.25) is 0 Å². The summed E-state index contributed by atoms with van der Waals surface area (Å²) in [6.45, 7) is 5.63. The summed E-state index contributed by atoms with van der Waals surface area (Å²) in [6, 6.07) is 0. The van der Waals surface area contributed by atoms with Crippen LogP contribution in [0.5, 0.6) is 0 Å². The molecule has 0 aromatic rings. The lowest BCUT2D eigenvalue weighted by molar-refractivity contribution is 1.53. The van der Waals surface area contributed by atoms with Crippen LogP contribution in [0.4, 0.5) is 0 Å². The van der Waals surface area contributed by atoms with Gasteiger partial charge in [-0.05, 0) is 6.92 Å². The van der Waals surface area contributed by atoms with E-state index < -0.39 is 0 Å². The molecule has 0 bridgehead atoms. The number of rotatable bonds is 4. The van der Waals surface area contributed by atoms with Crippen molar-refractivity contribution < 1.29 is 0 Å². The molecule has 0 atom stereocenters. The van der Waals surface area contributed by atoms with Gasteiger partial charge in [-0.25, -0.2) is 0 Å². The standard InChI is InChI=1S/C8H11ClN2S/c1-3-4-6(2)12-7(5-10)8(9)11/h3-5,11H,2,10H2,1H3/b4-3-,7-5+,11-8?. The minimum atomic E-state index is -0.0619. The van der Waals surface area contributed by atoms with Gasteiger partial charge >= 0.3 is 0 Å². The van der Waals surface area contributed by atoms with Crippen molar-refractivity contribution in [2.75, 3.05) is 0 Å². The van der Waals surface area contributed by atoms with Crippen LogP contribution >= 0.6 is 23.4 Å². The third kappa shape index (κ3) is 4.26. The summed E-state index contributed by atoms with van der Waals surface area (Å²) < 4.78 is 0. The Morgan fingerprint density at radius 2 is 2.25 bits per heavy atom. The molecule has 0 unspecified atom stereocenters. The molecule has 0 saturated carbocycles. The molecular weight excluding hydrogens is 192 g/mol. The molecule has 0 saturated heterocycles. The average Bonchev–Trinajstić information content (AvgIpc) is 2.00. The fourth-order valence-corrected chi connectivity index (χ4v) is 1.34. The largest absolute Gasteiger partial charge is 0.404 e. The summed E-state index contributed by atoms with van der Waals surface area (Å²) in [4.78, 5) is 1.32. The monoisotopic (exact) mass is 202 g/mol. The van der Waals surface area contributed by atoms with Crippen LogP contribution in [0.3, 0.4) is 0 Å². The molecule has 2 nitrogen and oxygen atoms in total. The number of nitrogens with one attached hydrogen (secondary N) is 1. The van der Waals surface area contributed by atoms with Gasteiger partial charge in [-0.15, -0.1) is 0 Å². The molecule has 0 aliphatic carbocycles. The van der Waals surface area contributed by atoms with Crippen molar-refractivity contribution >= 4 is 28.5 Å². The lowest BCUT2D eigenvalue weighted by atomic mass is 10.5. The molecule has 0 aromatic carbocycles. The van der Waals surface area contributed by atoms with Gasteiger partial charge < -0.3 is 5.73 Å². The second-order valence-electron chi connectivity index (χ2n) is 1.91. The second kappa shape index (κ2) is 5.91. The van der Waals surface area contributed by atoms with Crippen molar-refractivity contribution in [1.29, 1.82) is 5.41 Å². The van der Waals surface area contributed by atoms with E-state index >= 15 is 0 Å². The number of thioether (sulfide) groups is 1. The summed E-state index contributed by atoms with van der Waals surface area (Å²) >= 11 is 6.71. The van der Waals surface area contributed by atoms with Crippen molar-refractivity contribution in [2.24, 2.45) is 5.73 Å². The van der Waals surface area contributed by atoms with Crippen LogP contribution in [0.1, 0.15) is 6.92 Å². The van der Waals surface area contributed by atoms with Crippen LogP contribution in [0.25, 0.3) is 0 Å². The van der Waals surface area contributed by atoms with Gasteiger partial charge in [0.1, 0.15) is 5.17 Å². The zero-order chi connectivity index (χ0) is 9.56. The molecule has 3 N–H and O–H groups in total. The minimum absolute atomic E-state index is 0.0619. The highest BCUT2D eigenvalue weighted by molar-refractivity contribution is 8.08. The van der Waals surface area contributed by atoms with Gasteiger partial charge in [-0.2, -0.15) is 0 Å². The summed E-state index contributed by atoms with van der Waals surface area (Å²) in [5.41, 5.74) is 5.24. The van der Waals surface area contributed by atoms with Crippen molar-refractivity contribution in [2.45, 2.75) is 6.92 Å². The van der Waals surface area contributed by atoms with E-state index in [1.54, 1.807) is 0 Å². The van der Waals surface area contributed by atoms with E-state index in [0.717, 1.165) is 4.91 Å². The Kier molecular flexibility index (Phi) is 5.58. The molecule has 66 valence electrons.